The standard InChI is InChI=1S/C15H22F2O2/c1-4-10-15(18,13(5-2)14(16)17)11-6-8-12(19-3)9-7-11/h6-9,13-14,18H,4-5,10H2,1-3H3. The summed E-state index contributed by atoms with van der Waals surface area (Å²) in [6, 6.07) is 6.71. The summed E-state index contributed by atoms with van der Waals surface area (Å²) in [6.07, 6.45) is -1.34. The highest BCUT2D eigenvalue weighted by Gasteiger charge is 2.41. The number of alkyl halides is 2. The van der Waals surface area contributed by atoms with Crippen LogP contribution in [0.2, 0.25) is 0 Å². The van der Waals surface area contributed by atoms with Gasteiger partial charge < -0.3 is 9.84 Å². The monoisotopic (exact) mass is 272 g/mol. The summed E-state index contributed by atoms with van der Waals surface area (Å²) in [4.78, 5) is 0. The van der Waals surface area contributed by atoms with Crippen molar-refractivity contribution in [1.29, 1.82) is 0 Å². The number of aliphatic hydroxyl groups is 1. The van der Waals surface area contributed by atoms with Crippen LogP contribution in [-0.2, 0) is 5.60 Å². The first kappa shape index (κ1) is 15.9. The van der Waals surface area contributed by atoms with Crippen molar-refractivity contribution in [3.8, 4) is 5.75 Å². The Kier molecular flexibility index (Phi) is 5.73. The van der Waals surface area contributed by atoms with Gasteiger partial charge in [0, 0.05) is 0 Å². The fourth-order valence-corrected chi connectivity index (χ4v) is 2.53. The smallest absolute Gasteiger partial charge is 0.244 e. The molecule has 0 spiro atoms. The lowest BCUT2D eigenvalue weighted by Gasteiger charge is -2.36. The van der Waals surface area contributed by atoms with E-state index in [4.69, 9.17) is 4.74 Å². The minimum absolute atomic E-state index is 0.236. The van der Waals surface area contributed by atoms with Crippen LogP contribution in [0.1, 0.15) is 38.7 Å². The summed E-state index contributed by atoms with van der Waals surface area (Å²) in [5.41, 5.74) is -0.952. The molecule has 2 nitrogen and oxygen atoms in total. The van der Waals surface area contributed by atoms with Gasteiger partial charge in [-0.25, -0.2) is 8.78 Å². The zero-order valence-electron chi connectivity index (χ0n) is 11.7. The van der Waals surface area contributed by atoms with E-state index in [1.54, 1.807) is 38.3 Å². The molecule has 1 rings (SSSR count). The Bertz CT molecular complexity index is 378. The molecule has 0 aliphatic heterocycles. The summed E-state index contributed by atoms with van der Waals surface area (Å²) in [6.45, 7) is 3.56. The van der Waals surface area contributed by atoms with E-state index in [-0.39, 0.29) is 6.42 Å². The largest absolute Gasteiger partial charge is 0.497 e. The van der Waals surface area contributed by atoms with Crippen LogP contribution < -0.4 is 4.74 Å². The van der Waals surface area contributed by atoms with E-state index in [1.807, 2.05) is 6.92 Å². The molecule has 0 saturated carbocycles. The molecule has 2 unspecified atom stereocenters. The molecule has 19 heavy (non-hydrogen) atoms. The van der Waals surface area contributed by atoms with Gasteiger partial charge in [0.15, 0.2) is 0 Å². The van der Waals surface area contributed by atoms with Gasteiger partial charge in [-0.15, -0.1) is 0 Å². The third kappa shape index (κ3) is 3.44. The van der Waals surface area contributed by atoms with Crippen LogP contribution in [-0.4, -0.2) is 18.6 Å². The van der Waals surface area contributed by atoms with E-state index in [2.05, 4.69) is 0 Å². The highest BCUT2D eigenvalue weighted by atomic mass is 19.3. The number of hydrogen-bond donors (Lipinski definition) is 1. The van der Waals surface area contributed by atoms with Gasteiger partial charge in [-0.1, -0.05) is 32.4 Å². The number of hydrogen-bond acceptors (Lipinski definition) is 2. The van der Waals surface area contributed by atoms with Crippen molar-refractivity contribution in [3.63, 3.8) is 0 Å². The van der Waals surface area contributed by atoms with E-state index in [1.165, 1.54) is 0 Å². The molecule has 0 saturated heterocycles. The normalized spacial score (nSPS) is 16.2. The molecular formula is C15H22F2O2. The van der Waals surface area contributed by atoms with Crippen molar-refractivity contribution in [3.05, 3.63) is 29.8 Å². The number of halogens is 2. The lowest BCUT2D eigenvalue weighted by atomic mass is 9.77. The molecule has 0 fully saturated rings. The van der Waals surface area contributed by atoms with Crippen LogP contribution in [0.25, 0.3) is 0 Å². The van der Waals surface area contributed by atoms with Crippen LogP contribution in [0.3, 0.4) is 0 Å². The molecule has 0 heterocycles. The summed E-state index contributed by atoms with van der Waals surface area (Å²) in [5, 5.41) is 10.8. The maximum absolute atomic E-state index is 13.2. The Hall–Kier alpha value is -1.16. The molecule has 2 atom stereocenters. The van der Waals surface area contributed by atoms with Crippen molar-refractivity contribution in [2.24, 2.45) is 5.92 Å². The zero-order chi connectivity index (χ0) is 14.5. The van der Waals surface area contributed by atoms with Crippen molar-refractivity contribution >= 4 is 0 Å². The van der Waals surface area contributed by atoms with Gasteiger partial charge in [0.1, 0.15) is 5.75 Å². The second-order valence-corrected chi connectivity index (χ2v) is 4.75. The number of methoxy groups -OCH3 is 1. The molecule has 1 aromatic carbocycles. The van der Waals surface area contributed by atoms with Crippen LogP contribution >= 0.6 is 0 Å². The quantitative estimate of drug-likeness (QED) is 0.813. The Balaban J connectivity index is 3.15. The molecule has 4 heteroatoms. The van der Waals surface area contributed by atoms with E-state index in [0.717, 1.165) is 0 Å². The fraction of sp³-hybridized carbons (Fsp3) is 0.600. The second-order valence-electron chi connectivity index (χ2n) is 4.75. The Labute approximate surface area is 113 Å². The van der Waals surface area contributed by atoms with Crippen LogP contribution in [0.4, 0.5) is 8.78 Å². The molecule has 0 amide bonds. The molecule has 1 aromatic rings. The number of ether oxygens (including phenoxy) is 1. The first-order valence-electron chi connectivity index (χ1n) is 6.64. The van der Waals surface area contributed by atoms with Crippen molar-refractivity contribution in [2.45, 2.75) is 45.1 Å². The summed E-state index contributed by atoms with van der Waals surface area (Å²) < 4.78 is 31.4. The minimum Gasteiger partial charge on any atom is -0.497 e. The number of benzene rings is 1. The van der Waals surface area contributed by atoms with Crippen LogP contribution in [0, 0.1) is 5.92 Å². The molecule has 0 aromatic heterocycles. The molecular weight excluding hydrogens is 250 g/mol. The minimum atomic E-state index is -2.54. The number of rotatable bonds is 7. The third-order valence-corrected chi connectivity index (χ3v) is 3.58. The molecule has 0 aliphatic rings. The maximum atomic E-state index is 13.2. The van der Waals surface area contributed by atoms with Gasteiger partial charge in [-0.05, 0) is 30.5 Å². The zero-order valence-corrected chi connectivity index (χ0v) is 11.7. The topological polar surface area (TPSA) is 29.5 Å². The molecule has 1 N–H and O–H groups in total. The second kappa shape index (κ2) is 6.85. The Morgan fingerprint density at radius 1 is 1.21 bits per heavy atom. The summed E-state index contributed by atoms with van der Waals surface area (Å²) in [5.74, 6) is -0.409. The van der Waals surface area contributed by atoms with Crippen molar-refractivity contribution in [2.75, 3.05) is 7.11 Å². The van der Waals surface area contributed by atoms with Gasteiger partial charge in [-0.3, -0.25) is 0 Å². The highest BCUT2D eigenvalue weighted by molar-refractivity contribution is 5.31. The Morgan fingerprint density at radius 2 is 1.79 bits per heavy atom. The van der Waals surface area contributed by atoms with Gasteiger partial charge in [-0.2, -0.15) is 0 Å². The van der Waals surface area contributed by atoms with Crippen LogP contribution in [0.5, 0.6) is 5.75 Å². The predicted octanol–water partition coefficient (Wildman–Crippen LogP) is 3.97. The lowest BCUT2D eigenvalue weighted by molar-refractivity contribution is -0.0975. The van der Waals surface area contributed by atoms with Crippen molar-refractivity contribution < 1.29 is 18.6 Å². The average molecular weight is 272 g/mol. The van der Waals surface area contributed by atoms with E-state index in [0.29, 0.717) is 24.2 Å². The average Bonchev–Trinajstić information content (AvgIpc) is 2.39. The van der Waals surface area contributed by atoms with E-state index < -0.39 is 17.9 Å². The molecule has 0 bridgehead atoms. The van der Waals surface area contributed by atoms with E-state index in [9.17, 15) is 13.9 Å². The van der Waals surface area contributed by atoms with Gasteiger partial charge in [0.25, 0.3) is 0 Å². The maximum Gasteiger partial charge on any atom is 0.244 e. The Morgan fingerprint density at radius 3 is 2.16 bits per heavy atom. The van der Waals surface area contributed by atoms with Crippen LogP contribution in [0.15, 0.2) is 24.3 Å². The first-order valence-corrected chi connectivity index (χ1v) is 6.64. The predicted molar refractivity (Wildman–Crippen MR) is 71.6 cm³/mol. The lowest BCUT2D eigenvalue weighted by Crippen LogP contribution is -2.39. The highest BCUT2D eigenvalue weighted by Crippen LogP contribution is 2.40. The SMILES string of the molecule is CCCC(O)(c1ccc(OC)cc1)C(CC)C(F)F. The fourth-order valence-electron chi connectivity index (χ4n) is 2.53. The first-order chi connectivity index (χ1) is 8.99. The molecule has 0 radical (unpaired) electrons. The van der Waals surface area contributed by atoms with Gasteiger partial charge >= 0.3 is 0 Å². The van der Waals surface area contributed by atoms with Crippen molar-refractivity contribution in [1.82, 2.24) is 0 Å². The summed E-state index contributed by atoms with van der Waals surface area (Å²) in [7, 11) is 1.54. The van der Waals surface area contributed by atoms with Gasteiger partial charge in [0.05, 0.1) is 18.6 Å². The third-order valence-electron chi connectivity index (χ3n) is 3.58. The molecule has 108 valence electrons. The van der Waals surface area contributed by atoms with Gasteiger partial charge in [0.2, 0.25) is 6.43 Å². The summed E-state index contributed by atoms with van der Waals surface area (Å²) >= 11 is 0. The molecule has 0 aliphatic carbocycles. The van der Waals surface area contributed by atoms with E-state index >= 15 is 0 Å².